The minimum absolute atomic E-state index is 0. The average Bonchev–Trinajstić information content (AvgIpc) is 1.83. The fraction of sp³-hybridized carbons (Fsp3) is 0.500. The van der Waals surface area contributed by atoms with Gasteiger partial charge in [-0.2, -0.15) is 0 Å². The molecule has 2 amide bonds. The molecule has 0 saturated heterocycles. The molecule has 0 heterocycles. The van der Waals surface area contributed by atoms with E-state index < -0.39 is 5.91 Å². The van der Waals surface area contributed by atoms with Gasteiger partial charge in [-0.3, -0.25) is 13.9 Å². The normalized spacial score (nSPS) is 7.70. The van der Waals surface area contributed by atoms with E-state index in [-0.39, 0.29) is 35.7 Å². The minimum atomic E-state index is -0.467. The molecule has 0 fully saturated rings. The van der Waals surface area contributed by atoms with E-state index in [1.165, 1.54) is 0 Å². The molecule has 0 aromatic carbocycles. The Bertz CT molecular complexity index is 128. The van der Waals surface area contributed by atoms with E-state index in [0.717, 1.165) is 0 Å². The SMILES string of the molecule is Br.NC(=O)CCC(=O)NBr. The zero-order chi connectivity index (χ0) is 7.28. The summed E-state index contributed by atoms with van der Waals surface area (Å²) in [5.74, 6) is -0.708. The molecule has 3 N–H and O–H groups in total. The van der Waals surface area contributed by atoms with Crippen molar-refractivity contribution in [1.29, 1.82) is 0 Å². The molecular formula is C4H8Br2N2O2. The molecule has 0 aromatic rings. The molecule has 10 heavy (non-hydrogen) atoms. The van der Waals surface area contributed by atoms with Gasteiger partial charge in [0.05, 0.1) is 0 Å². The summed E-state index contributed by atoms with van der Waals surface area (Å²) in [6, 6.07) is 0. The number of primary amides is 1. The molecule has 0 aliphatic carbocycles. The van der Waals surface area contributed by atoms with Gasteiger partial charge in [0, 0.05) is 29.0 Å². The molecule has 0 radical (unpaired) electrons. The number of nitrogens with one attached hydrogen (secondary N) is 1. The monoisotopic (exact) mass is 274 g/mol. The fourth-order valence-corrected chi connectivity index (χ4v) is 0.482. The largest absolute Gasteiger partial charge is 0.370 e. The molecule has 0 bridgehead atoms. The van der Waals surface area contributed by atoms with Crippen LogP contribution in [0.5, 0.6) is 0 Å². The van der Waals surface area contributed by atoms with E-state index in [9.17, 15) is 9.59 Å². The summed E-state index contributed by atoms with van der Waals surface area (Å²) in [6.45, 7) is 0. The molecule has 4 nitrogen and oxygen atoms in total. The van der Waals surface area contributed by atoms with Gasteiger partial charge in [-0.05, 0) is 0 Å². The molecular weight excluding hydrogens is 268 g/mol. The number of hydrogen-bond acceptors (Lipinski definition) is 2. The summed E-state index contributed by atoms with van der Waals surface area (Å²) >= 11 is 2.71. The Morgan fingerprint density at radius 3 is 2.20 bits per heavy atom. The highest BCUT2D eigenvalue weighted by Gasteiger charge is 2.00. The third kappa shape index (κ3) is 7.90. The van der Waals surface area contributed by atoms with Crippen LogP contribution in [0.25, 0.3) is 0 Å². The number of rotatable bonds is 3. The lowest BCUT2D eigenvalue weighted by atomic mass is 10.3. The second-order valence-electron chi connectivity index (χ2n) is 1.48. The molecule has 0 aromatic heterocycles. The molecule has 0 saturated carbocycles. The third-order valence-corrected chi connectivity index (χ3v) is 1.15. The Morgan fingerprint density at radius 1 is 1.40 bits per heavy atom. The summed E-state index contributed by atoms with van der Waals surface area (Å²) in [5.41, 5.74) is 4.76. The lowest BCUT2D eigenvalue weighted by Crippen LogP contribution is -2.17. The van der Waals surface area contributed by atoms with Crippen LogP contribution < -0.4 is 10.1 Å². The van der Waals surface area contributed by atoms with Crippen LogP contribution in [0.4, 0.5) is 0 Å². The molecule has 6 heteroatoms. The number of carbonyl (C=O) groups excluding carboxylic acids is 2. The Hall–Kier alpha value is -0.100. The molecule has 0 spiro atoms. The van der Waals surface area contributed by atoms with Gasteiger partial charge in [-0.25, -0.2) is 0 Å². The van der Waals surface area contributed by atoms with Crippen LogP contribution in [-0.2, 0) is 9.59 Å². The van der Waals surface area contributed by atoms with Crippen molar-refractivity contribution in [2.45, 2.75) is 12.8 Å². The molecule has 0 rings (SSSR count). The quantitative estimate of drug-likeness (QED) is 0.725. The van der Waals surface area contributed by atoms with Gasteiger partial charge < -0.3 is 5.73 Å². The van der Waals surface area contributed by atoms with Gasteiger partial charge in [0.25, 0.3) is 0 Å². The Balaban J connectivity index is 0. The highest BCUT2D eigenvalue weighted by atomic mass is 79.9. The number of carbonyl (C=O) groups is 2. The minimum Gasteiger partial charge on any atom is -0.370 e. The van der Waals surface area contributed by atoms with Crippen LogP contribution in [0.2, 0.25) is 0 Å². The van der Waals surface area contributed by atoms with Crippen LogP contribution >= 0.6 is 33.1 Å². The van der Waals surface area contributed by atoms with Gasteiger partial charge in [0.2, 0.25) is 11.8 Å². The van der Waals surface area contributed by atoms with E-state index in [1.54, 1.807) is 0 Å². The van der Waals surface area contributed by atoms with Crippen molar-refractivity contribution in [3.8, 4) is 0 Å². The van der Waals surface area contributed by atoms with Crippen molar-refractivity contribution in [3.05, 3.63) is 0 Å². The van der Waals surface area contributed by atoms with E-state index in [1.807, 2.05) is 0 Å². The van der Waals surface area contributed by atoms with Crippen LogP contribution in [0.15, 0.2) is 0 Å². The van der Waals surface area contributed by atoms with E-state index in [2.05, 4.69) is 20.5 Å². The first-order valence-electron chi connectivity index (χ1n) is 2.34. The van der Waals surface area contributed by atoms with Crippen molar-refractivity contribution in [1.82, 2.24) is 4.34 Å². The Kier molecular flexibility index (Phi) is 8.81. The van der Waals surface area contributed by atoms with Crippen LogP contribution in [0, 0.1) is 0 Å². The van der Waals surface area contributed by atoms with Gasteiger partial charge >= 0.3 is 0 Å². The van der Waals surface area contributed by atoms with Crippen molar-refractivity contribution >= 4 is 44.9 Å². The third-order valence-electron chi connectivity index (χ3n) is 0.704. The maximum Gasteiger partial charge on any atom is 0.230 e. The maximum absolute atomic E-state index is 10.4. The van der Waals surface area contributed by atoms with Gasteiger partial charge in [-0.1, -0.05) is 0 Å². The maximum atomic E-state index is 10.4. The second-order valence-corrected chi connectivity index (χ2v) is 1.88. The predicted molar refractivity (Wildman–Crippen MR) is 45.8 cm³/mol. The summed E-state index contributed by atoms with van der Waals surface area (Å²) in [6.07, 6.45) is 0.234. The highest BCUT2D eigenvalue weighted by molar-refractivity contribution is 9.08. The fourth-order valence-electron chi connectivity index (χ4n) is 0.284. The van der Waals surface area contributed by atoms with Crippen LogP contribution in [0.3, 0.4) is 0 Å². The van der Waals surface area contributed by atoms with Crippen molar-refractivity contribution in [2.75, 3.05) is 0 Å². The van der Waals surface area contributed by atoms with Crippen molar-refractivity contribution < 1.29 is 9.59 Å². The van der Waals surface area contributed by atoms with Gasteiger partial charge in [0.1, 0.15) is 0 Å². The Labute approximate surface area is 77.6 Å². The summed E-state index contributed by atoms with van der Waals surface area (Å²) in [4.78, 5) is 20.4. The van der Waals surface area contributed by atoms with Crippen LogP contribution in [0.1, 0.15) is 12.8 Å². The standard InChI is InChI=1S/C4H7BrN2O2.BrH/c5-7-4(9)2-1-3(6)8;/h1-2H2,(H2,6,8)(H,7,9);1H. The first-order valence-corrected chi connectivity index (χ1v) is 3.14. The smallest absolute Gasteiger partial charge is 0.230 e. The number of nitrogens with two attached hydrogens (primary N) is 1. The van der Waals surface area contributed by atoms with E-state index >= 15 is 0 Å². The predicted octanol–water partition coefficient (Wildman–Crippen LogP) is 0.256. The summed E-state index contributed by atoms with van der Waals surface area (Å²) in [7, 11) is 0. The second kappa shape index (κ2) is 7.01. The van der Waals surface area contributed by atoms with Gasteiger partial charge in [-0.15, -0.1) is 17.0 Å². The van der Waals surface area contributed by atoms with Crippen LogP contribution in [-0.4, -0.2) is 11.8 Å². The zero-order valence-corrected chi connectivity index (χ0v) is 8.39. The summed E-state index contributed by atoms with van der Waals surface area (Å²) in [5, 5.41) is 0. The lowest BCUT2D eigenvalue weighted by molar-refractivity contribution is -0.123. The van der Waals surface area contributed by atoms with E-state index in [0.29, 0.717) is 0 Å². The first kappa shape index (κ1) is 12.6. The molecule has 60 valence electrons. The molecule has 0 atom stereocenters. The average molecular weight is 276 g/mol. The zero-order valence-electron chi connectivity index (χ0n) is 5.09. The molecule has 0 aliphatic rings. The van der Waals surface area contributed by atoms with E-state index in [4.69, 9.17) is 5.73 Å². The number of hydrogen-bond donors (Lipinski definition) is 2. The highest BCUT2D eigenvalue weighted by Crippen LogP contribution is 1.87. The number of amides is 2. The first-order chi connectivity index (χ1) is 4.16. The van der Waals surface area contributed by atoms with Gasteiger partial charge in [0.15, 0.2) is 0 Å². The lowest BCUT2D eigenvalue weighted by Gasteiger charge is -1.92. The molecule has 0 aliphatic heterocycles. The van der Waals surface area contributed by atoms with Crippen molar-refractivity contribution in [2.24, 2.45) is 5.73 Å². The Morgan fingerprint density at radius 2 is 1.90 bits per heavy atom. The molecule has 0 unspecified atom stereocenters. The summed E-state index contributed by atoms with van der Waals surface area (Å²) < 4.78 is 2.19. The van der Waals surface area contributed by atoms with Crippen molar-refractivity contribution in [3.63, 3.8) is 0 Å². The number of halogens is 2. The topological polar surface area (TPSA) is 72.2 Å².